The Morgan fingerprint density at radius 2 is 1.89 bits per heavy atom. The molecule has 0 radical (unpaired) electrons. The molecule has 2 N–H and O–H groups in total. The van der Waals surface area contributed by atoms with Gasteiger partial charge in [0.05, 0.1) is 5.69 Å². The Morgan fingerprint density at radius 3 is 2.56 bits per heavy atom. The molecule has 0 atom stereocenters. The summed E-state index contributed by atoms with van der Waals surface area (Å²) in [5.41, 5.74) is 10.7. The van der Waals surface area contributed by atoms with Gasteiger partial charge in [-0.05, 0) is 57.0 Å². The first-order valence-corrected chi connectivity index (χ1v) is 9.80. The van der Waals surface area contributed by atoms with Crippen molar-refractivity contribution < 1.29 is 4.39 Å². The molecule has 1 heterocycles. The Hall–Kier alpha value is -2.02. The summed E-state index contributed by atoms with van der Waals surface area (Å²) in [6.45, 7) is 11.6. The van der Waals surface area contributed by atoms with Crippen LogP contribution in [0.5, 0.6) is 0 Å². The third-order valence-electron chi connectivity index (χ3n) is 3.73. The molecule has 0 saturated heterocycles. The summed E-state index contributed by atoms with van der Waals surface area (Å²) >= 11 is 7.49. The zero-order valence-electron chi connectivity index (χ0n) is 15.9. The Bertz CT molecular complexity index is 830. The number of allylic oxidation sites excluding steroid dienone is 1. The van der Waals surface area contributed by atoms with E-state index in [0.29, 0.717) is 21.5 Å². The zero-order valence-corrected chi connectivity index (χ0v) is 17.5. The summed E-state index contributed by atoms with van der Waals surface area (Å²) in [7, 11) is 0. The predicted molar refractivity (Wildman–Crippen MR) is 115 cm³/mol. The molecule has 144 valence electrons. The molecule has 0 spiro atoms. The molecule has 0 unspecified atom stereocenters. The van der Waals surface area contributed by atoms with Gasteiger partial charge in [0, 0.05) is 16.3 Å². The number of nitrogens with zero attached hydrogens (tertiary/aromatic N) is 2. The lowest BCUT2D eigenvalue weighted by atomic mass is 10.1. The van der Waals surface area contributed by atoms with Gasteiger partial charge in [0.2, 0.25) is 5.17 Å². The first kappa shape index (κ1) is 21.3. The van der Waals surface area contributed by atoms with Crippen molar-refractivity contribution in [2.45, 2.75) is 33.4 Å². The number of amidine groups is 1. The fraction of sp³-hybridized carbons (Fsp3) is 0.250. The number of aryl methyl sites for hydroxylation is 1. The molecular formula is C20H24ClFN4S. The van der Waals surface area contributed by atoms with Crippen LogP contribution in [0.25, 0.3) is 0 Å². The molecular weight excluding hydrogens is 383 g/mol. The maximum Gasteiger partial charge on any atom is 0.205 e. The van der Waals surface area contributed by atoms with Crippen LogP contribution in [-0.4, -0.2) is 5.17 Å². The monoisotopic (exact) mass is 406 g/mol. The van der Waals surface area contributed by atoms with Crippen LogP contribution in [0, 0.1) is 19.7 Å². The van der Waals surface area contributed by atoms with E-state index in [1.165, 1.54) is 29.0 Å². The van der Waals surface area contributed by atoms with Gasteiger partial charge in [-0.2, -0.15) is 0 Å². The first-order valence-electron chi connectivity index (χ1n) is 8.43. The lowest BCUT2D eigenvalue weighted by molar-refractivity contribution is 0.617. The van der Waals surface area contributed by atoms with Gasteiger partial charge in [-0.3, -0.25) is 0 Å². The van der Waals surface area contributed by atoms with E-state index in [1.54, 1.807) is 12.1 Å². The standard InChI is InChI=1S/C16H16ClFN4S.C4H8/c1-10-5-3-8-15(11(10)2)22-16(19-20-21-22)23-9-12-13(17)6-4-7-14(12)18;1-4(2)3/h3-8,20-21H,9H2,1-2H3;1H2,2-3H3. The molecule has 7 heteroatoms. The van der Waals surface area contributed by atoms with Crippen molar-refractivity contribution in [2.75, 3.05) is 5.01 Å². The molecule has 2 aromatic carbocycles. The van der Waals surface area contributed by atoms with Crippen LogP contribution in [0.3, 0.4) is 0 Å². The van der Waals surface area contributed by atoms with E-state index in [4.69, 9.17) is 11.6 Å². The van der Waals surface area contributed by atoms with Gasteiger partial charge in [0.15, 0.2) is 0 Å². The third-order valence-corrected chi connectivity index (χ3v) is 5.05. The number of rotatable bonds is 3. The smallest absolute Gasteiger partial charge is 0.205 e. The molecule has 1 aliphatic rings. The quantitative estimate of drug-likeness (QED) is 0.640. The van der Waals surface area contributed by atoms with Crippen LogP contribution < -0.4 is 16.1 Å². The van der Waals surface area contributed by atoms with Gasteiger partial charge in [-0.25, -0.2) is 14.9 Å². The molecule has 0 bridgehead atoms. The van der Waals surface area contributed by atoms with Crippen molar-refractivity contribution in [1.29, 1.82) is 0 Å². The number of hydrogen-bond acceptors (Lipinski definition) is 5. The molecule has 0 saturated carbocycles. The largest absolute Gasteiger partial charge is 0.233 e. The maximum atomic E-state index is 13.9. The van der Waals surface area contributed by atoms with Crippen LogP contribution in [-0.2, 0) is 5.75 Å². The van der Waals surface area contributed by atoms with Crippen LogP contribution in [0.2, 0.25) is 5.02 Å². The van der Waals surface area contributed by atoms with Gasteiger partial charge in [0.25, 0.3) is 0 Å². The number of benzene rings is 2. The average molecular weight is 407 g/mol. The van der Waals surface area contributed by atoms with E-state index in [-0.39, 0.29) is 5.82 Å². The van der Waals surface area contributed by atoms with Gasteiger partial charge in [-0.15, -0.1) is 17.2 Å². The van der Waals surface area contributed by atoms with Crippen LogP contribution in [0.1, 0.15) is 30.5 Å². The van der Waals surface area contributed by atoms with Crippen molar-refractivity contribution in [3.8, 4) is 0 Å². The number of halogens is 2. The fourth-order valence-corrected chi connectivity index (χ4v) is 3.52. The topological polar surface area (TPSA) is 39.7 Å². The minimum absolute atomic E-state index is 0.303. The summed E-state index contributed by atoms with van der Waals surface area (Å²) < 4.78 is 13.9. The highest BCUT2D eigenvalue weighted by molar-refractivity contribution is 8.13. The van der Waals surface area contributed by atoms with Gasteiger partial charge < -0.3 is 0 Å². The molecule has 4 nitrogen and oxygen atoms in total. The second kappa shape index (κ2) is 9.78. The minimum Gasteiger partial charge on any atom is -0.233 e. The predicted octanol–water partition coefficient (Wildman–Crippen LogP) is 5.71. The maximum absolute atomic E-state index is 13.9. The second-order valence-corrected chi connectivity index (χ2v) is 7.72. The number of nitrogens with one attached hydrogen (secondary N) is 2. The number of anilines is 1. The Balaban J connectivity index is 0.000000596. The highest BCUT2D eigenvalue weighted by atomic mass is 35.5. The molecule has 1 aliphatic heterocycles. The Labute approximate surface area is 169 Å². The fourth-order valence-electron chi connectivity index (χ4n) is 2.27. The van der Waals surface area contributed by atoms with Crippen LogP contribution in [0.4, 0.5) is 10.1 Å². The van der Waals surface area contributed by atoms with Gasteiger partial charge in [0.1, 0.15) is 5.82 Å². The SMILES string of the molecule is C=C(C)C.Cc1cccc(N2NNN=C2SCc2c(F)cccc2Cl)c1C. The molecule has 0 aliphatic carbocycles. The van der Waals surface area contributed by atoms with E-state index >= 15 is 0 Å². The summed E-state index contributed by atoms with van der Waals surface area (Å²) in [5.74, 6) is 0.0949. The lowest BCUT2D eigenvalue weighted by Crippen LogP contribution is -2.40. The van der Waals surface area contributed by atoms with E-state index in [2.05, 4.69) is 42.7 Å². The van der Waals surface area contributed by atoms with Crippen molar-refractivity contribution in [1.82, 2.24) is 11.1 Å². The van der Waals surface area contributed by atoms with E-state index in [0.717, 1.165) is 11.3 Å². The molecule has 0 aromatic heterocycles. The highest BCUT2D eigenvalue weighted by Gasteiger charge is 2.22. The molecule has 2 aromatic rings. The van der Waals surface area contributed by atoms with Gasteiger partial charge >= 0.3 is 0 Å². The van der Waals surface area contributed by atoms with E-state index < -0.39 is 0 Å². The zero-order chi connectivity index (χ0) is 20.0. The minimum atomic E-state index is -0.303. The summed E-state index contributed by atoms with van der Waals surface area (Å²) in [6.07, 6.45) is 0. The number of thioether (sulfide) groups is 1. The summed E-state index contributed by atoms with van der Waals surface area (Å²) in [5, 5.41) is 7.20. The van der Waals surface area contributed by atoms with Crippen LogP contribution in [0.15, 0.2) is 53.7 Å². The van der Waals surface area contributed by atoms with E-state index in [9.17, 15) is 4.39 Å². The number of hydrogen-bond donors (Lipinski definition) is 2. The Morgan fingerprint density at radius 1 is 1.22 bits per heavy atom. The first-order chi connectivity index (χ1) is 12.8. The molecule has 27 heavy (non-hydrogen) atoms. The summed E-state index contributed by atoms with van der Waals surface area (Å²) in [4.78, 5) is 0. The van der Waals surface area contributed by atoms with Gasteiger partial charge in [-0.1, -0.05) is 47.1 Å². The normalized spacial score (nSPS) is 12.8. The average Bonchev–Trinajstić information content (AvgIpc) is 3.05. The lowest BCUT2D eigenvalue weighted by Gasteiger charge is -2.21. The Kier molecular flexibility index (Phi) is 7.71. The molecule has 0 amide bonds. The van der Waals surface area contributed by atoms with Crippen molar-refractivity contribution in [3.63, 3.8) is 0 Å². The van der Waals surface area contributed by atoms with Crippen molar-refractivity contribution in [2.24, 2.45) is 5.10 Å². The van der Waals surface area contributed by atoms with Crippen molar-refractivity contribution >= 4 is 34.2 Å². The van der Waals surface area contributed by atoms with E-state index in [1.807, 2.05) is 31.0 Å². The highest BCUT2D eigenvalue weighted by Crippen LogP contribution is 2.29. The second-order valence-electron chi connectivity index (χ2n) is 6.37. The third kappa shape index (κ3) is 5.73. The number of hydrazone groups is 1. The summed E-state index contributed by atoms with van der Waals surface area (Å²) in [6, 6.07) is 10.8. The van der Waals surface area contributed by atoms with Crippen molar-refractivity contribution in [3.05, 3.63) is 76.1 Å². The van der Waals surface area contributed by atoms with Crippen LogP contribution >= 0.6 is 23.4 Å². The molecule has 3 rings (SSSR count). The molecule has 0 fully saturated rings. The number of hydrazine groups is 2.